The Balaban J connectivity index is 2.61. The van der Waals surface area contributed by atoms with Gasteiger partial charge in [0.2, 0.25) is 0 Å². The van der Waals surface area contributed by atoms with Gasteiger partial charge in [0.15, 0.2) is 0 Å². The molecular formula is C20H30FNO5. The molecule has 0 aliphatic heterocycles. The van der Waals surface area contributed by atoms with Crippen molar-refractivity contribution in [1.82, 2.24) is 0 Å². The van der Waals surface area contributed by atoms with Gasteiger partial charge >= 0.3 is 5.97 Å². The molecule has 1 fully saturated rings. The molecule has 7 heteroatoms. The van der Waals surface area contributed by atoms with Crippen molar-refractivity contribution >= 4 is 11.7 Å². The lowest BCUT2D eigenvalue weighted by Crippen LogP contribution is -2.19. The first-order chi connectivity index (χ1) is 12.8. The molecule has 0 amide bonds. The summed E-state index contributed by atoms with van der Waals surface area (Å²) in [5.41, 5.74) is 0.467. The third-order valence-corrected chi connectivity index (χ3v) is 4.65. The highest BCUT2D eigenvalue weighted by molar-refractivity contribution is 5.90. The van der Waals surface area contributed by atoms with Gasteiger partial charge in [0.05, 0.1) is 23.7 Å². The molecule has 27 heavy (non-hydrogen) atoms. The van der Waals surface area contributed by atoms with Crippen molar-refractivity contribution in [2.24, 2.45) is 17.0 Å². The second-order valence-electron chi connectivity index (χ2n) is 6.87. The number of aliphatic hydroxyl groups is 2. The highest BCUT2D eigenvalue weighted by Crippen LogP contribution is 2.34. The summed E-state index contributed by atoms with van der Waals surface area (Å²) in [5.74, 6) is -1.57. The van der Waals surface area contributed by atoms with Gasteiger partial charge in [-0.1, -0.05) is 35.5 Å². The van der Waals surface area contributed by atoms with Gasteiger partial charge in [-0.15, -0.1) is 0 Å². The normalized spacial score (nSPS) is 26.4. The van der Waals surface area contributed by atoms with E-state index in [2.05, 4.69) is 5.16 Å². The van der Waals surface area contributed by atoms with E-state index < -0.39 is 18.2 Å². The van der Waals surface area contributed by atoms with E-state index in [4.69, 9.17) is 5.11 Å². The predicted molar refractivity (Wildman–Crippen MR) is 101 cm³/mol. The zero-order chi connectivity index (χ0) is 20.2. The lowest BCUT2D eigenvalue weighted by Gasteiger charge is -2.17. The van der Waals surface area contributed by atoms with Crippen LogP contribution >= 0.6 is 0 Å². The van der Waals surface area contributed by atoms with Crippen LogP contribution in [0, 0.1) is 11.8 Å². The summed E-state index contributed by atoms with van der Waals surface area (Å²) < 4.78 is 12.7. The van der Waals surface area contributed by atoms with Gasteiger partial charge in [-0.25, -0.2) is 4.39 Å². The Morgan fingerprint density at radius 2 is 2.11 bits per heavy atom. The number of carboxylic acids is 1. The maximum Gasteiger partial charge on any atom is 0.303 e. The molecule has 4 N–H and O–H groups in total. The number of carbonyl (C=O) groups is 1. The maximum atomic E-state index is 12.7. The summed E-state index contributed by atoms with van der Waals surface area (Å²) in [4.78, 5) is 10.5. The fraction of sp³-hybridized carbons (Fsp3) is 0.600. The molecule has 0 aromatic carbocycles. The standard InChI is InChI=1S/C20H30FNO5/c1-14(21)7-6-8-15(23)11-12-16-17(19(24)13-18(16)22-27)9-4-2-3-5-10-20(25)26/h2,4,7,11-12,15-17,19,23-24,27H,3,5-6,8-10,13H2,1H3,(H,25,26)/b4-2-,12-11+,14-7-,22-18-/t15-,16+,17+,19-/m0/s1. The fourth-order valence-electron chi connectivity index (χ4n) is 3.19. The molecule has 1 rings (SSSR count). The van der Waals surface area contributed by atoms with Gasteiger partial charge in [0, 0.05) is 24.7 Å². The maximum absolute atomic E-state index is 12.7. The van der Waals surface area contributed by atoms with E-state index in [1.807, 2.05) is 12.2 Å². The Labute approximate surface area is 159 Å². The number of halogens is 1. The van der Waals surface area contributed by atoms with E-state index in [-0.39, 0.29) is 30.5 Å². The van der Waals surface area contributed by atoms with Gasteiger partial charge in [0.1, 0.15) is 0 Å². The molecule has 0 spiro atoms. The highest BCUT2D eigenvalue weighted by atomic mass is 19.1. The van der Waals surface area contributed by atoms with E-state index in [1.165, 1.54) is 13.0 Å². The van der Waals surface area contributed by atoms with Crippen LogP contribution in [0.25, 0.3) is 0 Å². The van der Waals surface area contributed by atoms with Crippen LogP contribution < -0.4 is 0 Å². The molecule has 0 aromatic heterocycles. The van der Waals surface area contributed by atoms with E-state index in [0.29, 0.717) is 37.8 Å². The summed E-state index contributed by atoms with van der Waals surface area (Å²) in [6.45, 7) is 1.35. The van der Waals surface area contributed by atoms with Crippen LogP contribution in [-0.4, -0.2) is 44.4 Å². The average Bonchev–Trinajstić information content (AvgIpc) is 2.90. The zero-order valence-electron chi connectivity index (χ0n) is 15.7. The van der Waals surface area contributed by atoms with E-state index in [9.17, 15) is 24.6 Å². The zero-order valence-corrected chi connectivity index (χ0v) is 15.7. The summed E-state index contributed by atoms with van der Waals surface area (Å²) >= 11 is 0. The number of hydrogen-bond donors (Lipinski definition) is 4. The van der Waals surface area contributed by atoms with Crippen LogP contribution in [0.5, 0.6) is 0 Å². The number of aliphatic hydroxyl groups excluding tert-OH is 2. The molecule has 0 unspecified atom stereocenters. The highest BCUT2D eigenvalue weighted by Gasteiger charge is 2.38. The summed E-state index contributed by atoms with van der Waals surface area (Å²) in [7, 11) is 0. The molecule has 6 nitrogen and oxygen atoms in total. The minimum absolute atomic E-state index is 0.123. The summed E-state index contributed by atoms with van der Waals surface area (Å²) in [6.07, 6.45) is 10.1. The van der Waals surface area contributed by atoms with Crippen LogP contribution in [0.1, 0.15) is 51.9 Å². The number of hydrogen-bond acceptors (Lipinski definition) is 5. The number of carboxylic acid groups (broad SMARTS) is 1. The largest absolute Gasteiger partial charge is 0.481 e. The van der Waals surface area contributed by atoms with Crippen LogP contribution in [0.3, 0.4) is 0 Å². The number of unbranched alkanes of at least 4 members (excludes halogenated alkanes) is 1. The predicted octanol–water partition coefficient (Wildman–Crippen LogP) is 3.59. The van der Waals surface area contributed by atoms with Crippen LogP contribution in [0.4, 0.5) is 4.39 Å². The van der Waals surface area contributed by atoms with E-state index in [0.717, 1.165) is 0 Å². The lowest BCUT2D eigenvalue weighted by atomic mass is 9.89. The molecule has 0 heterocycles. The molecule has 0 aromatic rings. The number of oxime groups is 1. The molecule has 1 saturated carbocycles. The second-order valence-corrected chi connectivity index (χ2v) is 6.87. The average molecular weight is 383 g/mol. The Morgan fingerprint density at radius 1 is 1.37 bits per heavy atom. The summed E-state index contributed by atoms with van der Waals surface area (Å²) in [5, 5.41) is 41.3. The van der Waals surface area contributed by atoms with Crippen LogP contribution in [0.2, 0.25) is 0 Å². The third-order valence-electron chi connectivity index (χ3n) is 4.65. The van der Waals surface area contributed by atoms with Gasteiger partial charge in [-0.2, -0.15) is 0 Å². The Hall–Kier alpha value is -1.99. The van der Waals surface area contributed by atoms with Crippen molar-refractivity contribution in [3.05, 3.63) is 36.2 Å². The molecule has 4 atom stereocenters. The molecule has 1 aliphatic carbocycles. The van der Waals surface area contributed by atoms with Crippen molar-refractivity contribution < 1.29 is 29.7 Å². The second kappa shape index (κ2) is 12.4. The van der Waals surface area contributed by atoms with Crippen molar-refractivity contribution in [1.29, 1.82) is 0 Å². The number of allylic oxidation sites excluding steroid dienone is 5. The Bertz CT molecular complexity index is 581. The van der Waals surface area contributed by atoms with Gasteiger partial charge < -0.3 is 20.5 Å². The Morgan fingerprint density at radius 3 is 2.74 bits per heavy atom. The number of rotatable bonds is 11. The lowest BCUT2D eigenvalue weighted by molar-refractivity contribution is -0.137. The van der Waals surface area contributed by atoms with Crippen molar-refractivity contribution in [2.75, 3.05) is 0 Å². The fourth-order valence-corrected chi connectivity index (χ4v) is 3.19. The first-order valence-corrected chi connectivity index (χ1v) is 9.29. The minimum Gasteiger partial charge on any atom is -0.481 e. The molecular weight excluding hydrogens is 353 g/mol. The van der Waals surface area contributed by atoms with Gasteiger partial charge in [-0.05, 0) is 39.0 Å². The smallest absolute Gasteiger partial charge is 0.303 e. The topological polar surface area (TPSA) is 110 Å². The molecule has 0 bridgehead atoms. The first-order valence-electron chi connectivity index (χ1n) is 9.29. The quantitative estimate of drug-likeness (QED) is 0.189. The first kappa shape index (κ1) is 23.0. The summed E-state index contributed by atoms with van der Waals surface area (Å²) in [6, 6.07) is 0. The third kappa shape index (κ3) is 8.97. The number of aliphatic carboxylic acids is 1. The van der Waals surface area contributed by atoms with Gasteiger partial charge in [-0.3, -0.25) is 4.79 Å². The molecule has 0 radical (unpaired) electrons. The van der Waals surface area contributed by atoms with Gasteiger partial charge in [0.25, 0.3) is 0 Å². The van der Waals surface area contributed by atoms with Crippen LogP contribution in [0.15, 0.2) is 41.4 Å². The minimum atomic E-state index is -0.820. The van der Waals surface area contributed by atoms with Crippen molar-refractivity contribution in [3.8, 4) is 0 Å². The molecule has 0 saturated heterocycles. The van der Waals surface area contributed by atoms with Crippen LogP contribution in [-0.2, 0) is 4.79 Å². The monoisotopic (exact) mass is 383 g/mol. The number of nitrogens with zero attached hydrogens (tertiary/aromatic N) is 1. The Kier molecular flexibility index (Phi) is 10.6. The van der Waals surface area contributed by atoms with Crippen molar-refractivity contribution in [3.63, 3.8) is 0 Å². The van der Waals surface area contributed by atoms with E-state index in [1.54, 1.807) is 12.2 Å². The molecule has 152 valence electrons. The van der Waals surface area contributed by atoms with E-state index >= 15 is 0 Å². The molecule has 1 aliphatic rings. The van der Waals surface area contributed by atoms with Crippen molar-refractivity contribution in [2.45, 2.75) is 64.1 Å². The SMILES string of the molecule is C/C(F)=C/CC[C@H](O)/C=C/[C@H]1/C(=N\O)C[C@H](O)[C@@H]1C/C=C\CCCC(=O)O.